The van der Waals surface area contributed by atoms with E-state index in [-0.39, 0.29) is 5.91 Å². The van der Waals surface area contributed by atoms with Crippen molar-refractivity contribution in [3.8, 4) is 5.75 Å². The van der Waals surface area contributed by atoms with E-state index in [1.807, 2.05) is 12.1 Å². The van der Waals surface area contributed by atoms with E-state index in [0.717, 1.165) is 31.4 Å². The van der Waals surface area contributed by atoms with Gasteiger partial charge < -0.3 is 14.4 Å². The molecule has 0 unspecified atom stereocenters. The van der Waals surface area contributed by atoms with Gasteiger partial charge in [-0.25, -0.2) is 0 Å². The number of benzene rings is 1. The summed E-state index contributed by atoms with van der Waals surface area (Å²) in [7, 11) is 1.64. The molecule has 140 valence electrons. The zero-order valence-corrected chi connectivity index (χ0v) is 14.3. The van der Waals surface area contributed by atoms with Crippen LogP contribution < -0.4 is 4.74 Å². The lowest BCUT2D eigenvalue weighted by Crippen LogP contribution is -2.41. The van der Waals surface area contributed by atoms with Gasteiger partial charge in [0.2, 0.25) is 5.91 Å². The highest BCUT2D eigenvalue weighted by molar-refractivity contribution is 5.77. The van der Waals surface area contributed by atoms with E-state index in [0.29, 0.717) is 19.0 Å². The molecule has 25 heavy (non-hydrogen) atoms. The molecule has 0 atom stereocenters. The van der Waals surface area contributed by atoms with Crippen molar-refractivity contribution < 1.29 is 27.4 Å². The van der Waals surface area contributed by atoms with E-state index >= 15 is 0 Å². The Morgan fingerprint density at radius 3 is 2.40 bits per heavy atom. The largest absolute Gasteiger partial charge is 0.497 e. The van der Waals surface area contributed by atoms with Crippen molar-refractivity contribution in [3.05, 3.63) is 29.8 Å². The molecule has 0 radical (unpaired) electrons. The van der Waals surface area contributed by atoms with Crippen LogP contribution in [0.1, 0.15) is 24.8 Å². The number of nitrogens with zero attached hydrogens (tertiary/aromatic N) is 1. The van der Waals surface area contributed by atoms with E-state index in [1.54, 1.807) is 12.0 Å². The van der Waals surface area contributed by atoms with Gasteiger partial charge in [-0.3, -0.25) is 4.79 Å². The monoisotopic (exact) mass is 359 g/mol. The van der Waals surface area contributed by atoms with Crippen LogP contribution in [0.2, 0.25) is 0 Å². The first-order valence-electron chi connectivity index (χ1n) is 8.42. The molecule has 7 heteroatoms. The quantitative estimate of drug-likeness (QED) is 0.749. The second-order valence-electron chi connectivity index (χ2n) is 6.32. The molecule has 0 aliphatic carbocycles. The second kappa shape index (κ2) is 9.08. The smallest absolute Gasteiger partial charge is 0.411 e. The fourth-order valence-corrected chi connectivity index (χ4v) is 2.98. The molecule has 0 aromatic heterocycles. The Bertz CT molecular complexity index is 537. The predicted octanol–water partition coefficient (Wildman–Crippen LogP) is 3.45. The number of rotatable bonds is 7. The van der Waals surface area contributed by atoms with Crippen molar-refractivity contribution in [1.29, 1.82) is 0 Å². The summed E-state index contributed by atoms with van der Waals surface area (Å²) in [4.78, 5) is 13.4. The summed E-state index contributed by atoms with van der Waals surface area (Å²) < 4.78 is 45.6. The number of likely N-dealkylation sites (tertiary alicyclic amines) is 1. The molecule has 1 aromatic rings. The molecule has 0 bridgehead atoms. The van der Waals surface area contributed by atoms with Crippen molar-refractivity contribution >= 4 is 5.91 Å². The third kappa shape index (κ3) is 6.94. The SMILES string of the molecule is COc1ccc(CCC2CCN(C(=O)COCC(F)(F)F)CC2)cc1. The van der Waals surface area contributed by atoms with Crippen LogP contribution in [0.5, 0.6) is 5.75 Å². The molecule has 1 fully saturated rings. The lowest BCUT2D eigenvalue weighted by Gasteiger charge is -2.32. The number of alkyl halides is 3. The minimum absolute atomic E-state index is 0.363. The molecule has 0 N–H and O–H groups in total. The van der Waals surface area contributed by atoms with E-state index in [2.05, 4.69) is 16.9 Å². The zero-order valence-electron chi connectivity index (χ0n) is 14.3. The van der Waals surface area contributed by atoms with Crippen molar-refractivity contribution in [2.24, 2.45) is 5.92 Å². The fraction of sp³-hybridized carbons (Fsp3) is 0.611. The van der Waals surface area contributed by atoms with Gasteiger partial charge in [-0.15, -0.1) is 0 Å². The third-order valence-electron chi connectivity index (χ3n) is 4.46. The molecule has 1 amide bonds. The van der Waals surface area contributed by atoms with Crippen molar-refractivity contribution in [2.75, 3.05) is 33.4 Å². The molecular formula is C18H24F3NO3. The average molecular weight is 359 g/mol. The average Bonchev–Trinajstić information content (AvgIpc) is 2.59. The van der Waals surface area contributed by atoms with Crippen LogP contribution in [0.25, 0.3) is 0 Å². The third-order valence-corrected chi connectivity index (χ3v) is 4.46. The Kier molecular flexibility index (Phi) is 7.11. The molecule has 1 saturated heterocycles. The first-order valence-corrected chi connectivity index (χ1v) is 8.42. The molecule has 1 aromatic carbocycles. The number of hydrogen-bond acceptors (Lipinski definition) is 3. The highest BCUT2D eigenvalue weighted by Crippen LogP contribution is 2.23. The molecule has 1 heterocycles. The molecule has 2 rings (SSSR count). The van der Waals surface area contributed by atoms with Crippen LogP contribution >= 0.6 is 0 Å². The van der Waals surface area contributed by atoms with Gasteiger partial charge in [0, 0.05) is 13.1 Å². The van der Waals surface area contributed by atoms with Gasteiger partial charge in [-0.2, -0.15) is 13.2 Å². The van der Waals surface area contributed by atoms with Gasteiger partial charge >= 0.3 is 6.18 Å². The summed E-state index contributed by atoms with van der Waals surface area (Å²) in [6.45, 7) is -0.712. The number of carbonyl (C=O) groups excluding carboxylic acids is 1. The lowest BCUT2D eigenvalue weighted by molar-refractivity contribution is -0.178. The fourth-order valence-electron chi connectivity index (χ4n) is 2.98. The molecule has 0 saturated carbocycles. The minimum atomic E-state index is -4.39. The van der Waals surface area contributed by atoms with Crippen molar-refractivity contribution in [3.63, 3.8) is 0 Å². The maximum absolute atomic E-state index is 12.0. The zero-order chi connectivity index (χ0) is 18.3. The first kappa shape index (κ1) is 19.6. The normalized spacial score (nSPS) is 16.1. The van der Waals surface area contributed by atoms with E-state index in [4.69, 9.17) is 4.74 Å². The van der Waals surface area contributed by atoms with Crippen LogP contribution in [-0.4, -0.2) is 50.4 Å². The predicted molar refractivity (Wildman–Crippen MR) is 87.5 cm³/mol. The second-order valence-corrected chi connectivity index (χ2v) is 6.32. The van der Waals surface area contributed by atoms with E-state index < -0.39 is 19.4 Å². The summed E-state index contributed by atoms with van der Waals surface area (Å²) in [5.41, 5.74) is 1.25. The summed E-state index contributed by atoms with van der Waals surface area (Å²) in [6, 6.07) is 7.99. The highest BCUT2D eigenvalue weighted by atomic mass is 19.4. The van der Waals surface area contributed by atoms with Gasteiger partial charge in [0.05, 0.1) is 7.11 Å². The van der Waals surface area contributed by atoms with E-state index in [9.17, 15) is 18.0 Å². The topological polar surface area (TPSA) is 38.8 Å². The maximum atomic E-state index is 12.0. The molecule has 0 spiro atoms. The van der Waals surface area contributed by atoms with Gasteiger partial charge in [0.25, 0.3) is 0 Å². The summed E-state index contributed by atoms with van der Waals surface area (Å²) in [5, 5.41) is 0. The number of hydrogen-bond donors (Lipinski definition) is 0. The number of ether oxygens (including phenoxy) is 2. The Balaban J connectivity index is 1.66. The molecule has 1 aliphatic heterocycles. The van der Waals surface area contributed by atoms with E-state index in [1.165, 1.54) is 5.56 Å². The molecular weight excluding hydrogens is 335 g/mol. The van der Waals surface area contributed by atoms with Crippen molar-refractivity contribution in [1.82, 2.24) is 4.90 Å². The summed E-state index contributed by atoms with van der Waals surface area (Å²) in [5.74, 6) is 1.00. The minimum Gasteiger partial charge on any atom is -0.497 e. The van der Waals surface area contributed by atoms with Crippen LogP contribution in [0.3, 0.4) is 0 Å². The Labute approximate surface area is 145 Å². The number of aryl methyl sites for hydroxylation is 1. The Morgan fingerprint density at radius 2 is 1.84 bits per heavy atom. The number of halogens is 3. The van der Waals surface area contributed by atoms with Gasteiger partial charge in [-0.05, 0) is 49.3 Å². The lowest BCUT2D eigenvalue weighted by atomic mass is 9.90. The van der Waals surface area contributed by atoms with Crippen LogP contribution in [-0.2, 0) is 16.0 Å². The number of methoxy groups -OCH3 is 1. The standard InChI is InChI=1S/C18H24F3NO3/c1-24-16-6-4-14(5-7-16)2-3-15-8-10-22(11-9-15)17(23)12-25-13-18(19,20)21/h4-7,15H,2-3,8-13H2,1H3. The maximum Gasteiger partial charge on any atom is 0.411 e. The number of piperidine rings is 1. The van der Waals surface area contributed by atoms with Gasteiger partial charge in [-0.1, -0.05) is 12.1 Å². The number of carbonyl (C=O) groups is 1. The van der Waals surface area contributed by atoms with Gasteiger partial charge in [0.15, 0.2) is 0 Å². The first-order chi connectivity index (χ1) is 11.9. The molecule has 1 aliphatic rings. The Hall–Kier alpha value is -1.76. The van der Waals surface area contributed by atoms with Crippen molar-refractivity contribution in [2.45, 2.75) is 31.9 Å². The van der Waals surface area contributed by atoms with Crippen LogP contribution in [0.4, 0.5) is 13.2 Å². The van der Waals surface area contributed by atoms with Crippen LogP contribution in [0.15, 0.2) is 24.3 Å². The summed E-state index contributed by atoms with van der Waals surface area (Å²) in [6.07, 6.45) is -0.632. The Morgan fingerprint density at radius 1 is 1.20 bits per heavy atom. The van der Waals surface area contributed by atoms with Crippen LogP contribution in [0, 0.1) is 5.92 Å². The van der Waals surface area contributed by atoms with Gasteiger partial charge in [0.1, 0.15) is 19.0 Å². The highest BCUT2D eigenvalue weighted by Gasteiger charge is 2.29. The number of amides is 1. The summed E-state index contributed by atoms with van der Waals surface area (Å²) >= 11 is 0. The molecule has 4 nitrogen and oxygen atoms in total.